The summed E-state index contributed by atoms with van der Waals surface area (Å²) >= 11 is 0. The molecular weight excluding hydrogens is 336 g/mol. The van der Waals surface area contributed by atoms with Crippen molar-refractivity contribution in [2.45, 2.75) is 26.1 Å². The summed E-state index contributed by atoms with van der Waals surface area (Å²) in [5, 5.41) is 20.3. The van der Waals surface area contributed by atoms with Gasteiger partial charge in [0, 0.05) is 11.1 Å². The Morgan fingerprint density at radius 2 is 0.962 bits per heavy atom. The van der Waals surface area contributed by atoms with Gasteiger partial charge in [0.15, 0.2) is 0 Å². The second-order valence-corrected chi connectivity index (χ2v) is 5.88. The van der Waals surface area contributed by atoms with E-state index in [1.165, 1.54) is 14.2 Å². The zero-order valence-electron chi connectivity index (χ0n) is 16.0. The Morgan fingerprint density at radius 3 is 1.19 bits per heavy atom. The highest BCUT2D eigenvalue weighted by Gasteiger charge is 2.27. The Kier molecular flexibility index (Phi) is 6.34. The molecule has 0 unspecified atom stereocenters. The van der Waals surface area contributed by atoms with Gasteiger partial charge in [-0.15, -0.1) is 0 Å². The van der Waals surface area contributed by atoms with Gasteiger partial charge < -0.3 is 29.2 Å². The first kappa shape index (κ1) is 19.9. The Hall–Kier alpha value is -2.44. The fraction of sp³-hybridized carbons (Fsp3) is 0.400. The summed E-state index contributed by atoms with van der Waals surface area (Å²) in [5.74, 6) is 1.98. The number of ether oxygens (including phenoxy) is 4. The molecule has 0 radical (unpaired) electrons. The molecule has 0 aliphatic rings. The predicted octanol–water partition coefficient (Wildman–Crippen LogP) is 3.49. The van der Waals surface area contributed by atoms with Crippen LogP contribution in [0.2, 0.25) is 0 Å². The quantitative estimate of drug-likeness (QED) is 0.785. The molecule has 6 nitrogen and oxygen atoms in total. The molecule has 0 amide bonds. The maximum Gasteiger partial charge on any atom is 0.136 e. The normalized spacial score (nSPS) is 13.1. The lowest BCUT2D eigenvalue weighted by Crippen LogP contribution is -2.05. The minimum Gasteiger partial charge on any atom is -0.496 e. The smallest absolute Gasteiger partial charge is 0.136 e. The van der Waals surface area contributed by atoms with Gasteiger partial charge in [0.1, 0.15) is 23.0 Å². The summed E-state index contributed by atoms with van der Waals surface area (Å²) in [6.45, 7) is 3.32. The second-order valence-electron chi connectivity index (χ2n) is 5.88. The van der Waals surface area contributed by atoms with Gasteiger partial charge in [-0.1, -0.05) is 0 Å². The van der Waals surface area contributed by atoms with Crippen molar-refractivity contribution >= 4 is 0 Å². The van der Waals surface area contributed by atoms with Crippen molar-refractivity contribution in [3.8, 4) is 34.1 Å². The molecule has 2 N–H and O–H groups in total. The Balaban J connectivity index is 2.98. The van der Waals surface area contributed by atoms with Gasteiger partial charge in [-0.3, -0.25) is 0 Å². The molecule has 0 heterocycles. The molecule has 6 heteroatoms. The van der Waals surface area contributed by atoms with E-state index in [-0.39, 0.29) is 0 Å². The zero-order valence-corrected chi connectivity index (χ0v) is 16.0. The van der Waals surface area contributed by atoms with Gasteiger partial charge in [0.05, 0.1) is 51.8 Å². The van der Waals surface area contributed by atoms with Crippen molar-refractivity contribution in [3.05, 3.63) is 35.4 Å². The van der Waals surface area contributed by atoms with Gasteiger partial charge in [0.25, 0.3) is 0 Å². The lowest BCUT2D eigenvalue weighted by molar-refractivity contribution is 0.193. The minimum absolute atomic E-state index is 0.457. The van der Waals surface area contributed by atoms with Gasteiger partial charge >= 0.3 is 0 Å². The highest BCUT2D eigenvalue weighted by molar-refractivity contribution is 5.87. The minimum atomic E-state index is -0.744. The third-order valence-corrected chi connectivity index (χ3v) is 4.30. The summed E-state index contributed by atoms with van der Waals surface area (Å²) in [7, 11) is 6.17. The zero-order chi connectivity index (χ0) is 19.4. The van der Waals surface area contributed by atoms with E-state index < -0.39 is 12.2 Å². The van der Waals surface area contributed by atoms with Crippen LogP contribution in [-0.4, -0.2) is 38.7 Å². The standard InChI is InChI=1S/C20H26O6/c1-11(21)13-7-9-15(23-3)17(19(13)25-5)18-16(24-4)10-8-14(12(2)22)20(18)26-6/h7-12,21-22H,1-6H3/t11-,12+. The lowest BCUT2D eigenvalue weighted by Gasteiger charge is -2.23. The Morgan fingerprint density at radius 1 is 0.615 bits per heavy atom. The number of rotatable bonds is 7. The van der Waals surface area contributed by atoms with Crippen LogP contribution in [0.5, 0.6) is 23.0 Å². The number of aliphatic hydroxyl groups excluding tert-OH is 2. The SMILES string of the molecule is COc1ccc([C@H](C)O)c(OC)c1-c1c(OC)ccc([C@@H](C)O)c1OC. The van der Waals surface area contributed by atoms with Crippen molar-refractivity contribution < 1.29 is 29.2 Å². The molecule has 142 valence electrons. The van der Waals surface area contributed by atoms with E-state index in [1.807, 2.05) is 0 Å². The summed E-state index contributed by atoms with van der Waals surface area (Å²) in [6.07, 6.45) is -1.49. The number of methoxy groups -OCH3 is 4. The van der Waals surface area contributed by atoms with Crippen LogP contribution in [0, 0.1) is 0 Å². The summed E-state index contributed by atoms with van der Waals surface area (Å²) in [5.41, 5.74) is 2.39. The fourth-order valence-corrected chi connectivity index (χ4v) is 3.07. The molecule has 0 saturated carbocycles. The van der Waals surface area contributed by atoms with Crippen molar-refractivity contribution in [3.63, 3.8) is 0 Å². The molecule has 2 aromatic rings. The molecule has 0 fully saturated rings. The molecule has 2 atom stereocenters. The number of hydrogen-bond acceptors (Lipinski definition) is 6. The van der Waals surface area contributed by atoms with E-state index in [0.717, 1.165) is 0 Å². The first-order valence-corrected chi connectivity index (χ1v) is 8.27. The van der Waals surface area contributed by atoms with Crippen LogP contribution < -0.4 is 18.9 Å². The van der Waals surface area contributed by atoms with Crippen LogP contribution in [0.1, 0.15) is 37.2 Å². The van der Waals surface area contributed by atoms with E-state index in [9.17, 15) is 10.2 Å². The molecule has 0 aliphatic heterocycles. The molecule has 26 heavy (non-hydrogen) atoms. The van der Waals surface area contributed by atoms with Crippen LogP contribution in [-0.2, 0) is 0 Å². The Labute approximate surface area is 153 Å². The number of aliphatic hydroxyl groups is 2. The molecule has 0 spiro atoms. The van der Waals surface area contributed by atoms with E-state index >= 15 is 0 Å². The molecule has 0 aliphatic carbocycles. The van der Waals surface area contributed by atoms with Crippen LogP contribution >= 0.6 is 0 Å². The second kappa shape index (κ2) is 8.29. The molecule has 0 bridgehead atoms. The third-order valence-electron chi connectivity index (χ3n) is 4.30. The first-order chi connectivity index (χ1) is 12.4. The van der Waals surface area contributed by atoms with Crippen LogP contribution in [0.15, 0.2) is 24.3 Å². The molecule has 0 saturated heterocycles. The lowest BCUT2D eigenvalue weighted by atomic mass is 9.93. The van der Waals surface area contributed by atoms with Gasteiger partial charge in [-0.2, -0.15) is 0 Å². The summed E-state index contributed by atoms with van der Waals surface area (Å²) in [6, 6.07) is 7.02. The first-order valence-electron chi connectivity index (χ1n) is 8.27. The average Bonchev–Trinajstić information content (AvgIpc) is 2.64. The highest BCUT2D eigenvalue weighted by atomic mass is 16.5. The molecule has 0 aromatic heterocycles. The van der Waals surface area contributed by atoms with Gasteiger partial charge in [0.2, 0.25) is 0 Å². The van der Waals surface area contributed by atoms with Crippen molar-refractivity contribution in [2.75, 3.05) is 28.4 Å². The van der Waals surface area contributed by atoms with Crippen LogP contribution in [0.25, 0.3) is 11.1 Å². The van der Waals surface area contributed by atoms with Crippen molar-refractivity contribution in [1.29, 1.82) is 0 Å². The van der Waals surface area contributed by atoms with Crippen LogP contribution in [0.4, 0.5) is 0 Å². The van der Waals surface area contributed by atoms with Gasteiger partial charge in [-0.25, -0.2) is 0 Å². The predicted molar refractivity (Wildman–Crippen MR) is 99.4 cm³/mol. The van der Waals surface area contributed by atoms with Crippen LogP contribution in [0.3, 0.4) is 0 Å². The number of benzene rings is 2. The molecule has 2 rings (SSSR count). The Bertz CT molecular complexity index is 702. The largest absolute Gasteiger partial charge is 0.496 e. The molecular formula is C20H26O6. The maximum absolute atomic E-state index is 10.1. The van der Waals surface area contributed by atoms with Gasteiger partial charge in [-0.05, 0) is 38.1 Å². The monoisotopic (exact) mass is 362 g/mol. The topological polar surface area (TPSA) is 77.4 Å². The van der Waals surface area contributed by atoms with Crippen molar-refractivity contribution in [1.82, 2.24) is 0 Å². The molecule has 2 aromatic carbocycles. The maximum atomic E-state index is 10.1. The van der Waals surface area contributed by atoms with E-state index in [4.69, 9.17) is 18.9 Å². The number of hydrogen-bond donors (Lipinski definition) is 2. The van der Waals surface area contributed by atoms with E-state index in [1.54, 1.807) is 52.3 Å². The van der Waals surface area contributed by atoms with E-state index in [2.05, 4.69) is 0 Å². The summed E-state index contributed by atoms with van der Waals surface area (Å²) < 4.78 is 22.3. The summed E-state index contributed by atoms with van der Waals surface area (Å²) in [4.78, 5) is 0. The average molecular weight is 362 g/mol. The third kappa shape index (κ3) is 3.43. The van der Waals surface area contributed by atoms with E-state index in [0.29, 0.717) is 45.3 Å². The van der Waals surface area contributed by atoms with Crippen molar-refractivity contribution in [2.24, 2.45) is 0 Å². The highest BCUT2D eigenvalue weighted by Crippen LogP contribution is 2.51. The fourth-order valence-electron chi connectivity index (χ4n) is 3.07.